The number of fused-ring (bicyclic) bond motifs is 1. The monoisotopic (exact) mass is 273 g/mol. The van der Waals surface area contributed by atoms with Crippen molar-refractivity contribution >= 4 is 10.9 Å². The molecule has 0 spiro atoms. The van der Waals surface area contributed by atoms with E-state index in [1.54, 1.807) is 7.11 Å². The predicted molar refractivity (Wildman–Crippen MR) is 82.5 cm³/mol. The average Bonchev–Trinajstić information content (AvgIpc) is 2.92. The van der Waals surface area contributed by atoms with Gasteiger partial charge in [-0.25, -0.2) is 0 Å². The predicted octanol–water partition coefficient (Wildman–Crippen LogP) is 2.01. The minimum Gasteiger partial charge on any atom is -0.496 e. The first-order chi connectivity index (χ1) is 9.88. The van der Waals surface area contributed by atoms with Gasteiger partial charge in [0.05, 0.1) is 7.11 Å². The minimum absolute atomic E-state index is 0.973. The van der Waals surface area contributed by atoms with Gasteiger partial charge < -0.3 is 19.9 Å². The lowest BCUT2D eigenvalue weighted by Crippen LogP contribution is -2.43. The Balaban J connectivity index is 1.65. The number of hydrogen-bond acceptors (Lipinski definition) is 3. The first-order valence-corrected chi connectivity index (χ1v) is 7.44. The van der Waals surface area contributed by atoms with Crippen molar-refractivity contribution in [2.24, 2.45) is 0 Å². The number of ether oxygens (including phenoxy) is 1. The number of H-pyrrole nitrogens is 1. The van der Waals surface area contributed by atoms with Crippen LogP contribution in [-0.4, -0.2) is 49.7 Å². The molecule has 2 N–H and O–H groups in total. The Kier molecular flexibility index (Phi) is 4.23. The Morgan fingerprint density at radius 2 is 2.10 bits per heavy atom. The zero-order valence-corrected chi connectivity index (χ0v) is 12.1. The highest BCUT2D eigenvalue weighted by molar-refractivity contribution is 5.89. The summed E-state index contributed by atoms with van der Waals surface area (Å²) in [6.45, 7) is 5.79. The van der Waals surface area contributed by atoms with E-state index in [0.717, 1.165) is 25.3 Å². The van der Waals surface area contributed by atoms with Gasteiger partial charge in [-0.15, -0.1) is 0 Å². The summed E-state index contributed by atoms with van der Waals surface area (Å²) in [6, 6.07) is 6.18. The SMILES string of the molecule is COc1cccc2[nH]cc(CCCN3CCNCC3)c12. The van der Waals surface area contributed by atoms with Gasteiger partial charge in [0, 0.05) is 43.3 Å². The fourth-order valence-electron chi connectivity index (χ4n) is 3.01. The molecule has 0 aliphatic carbocycles. The van der Waals surface area contributed by atoms with E-state index in [0.29, 0.717) is 0 Å². The molecule has 0 amide bonds. The first kappa shape index (κ1) is 13.5. The number of rotatable bonds is 5. The van der Waals surface area contributed by atoms with E-state index >= 15 is 0 Å². The summed E-state index contributed by atoms with van der Waals surface area (Å²) >= 11 is 0. The van der Waals surface area contributed by atoms with Gasteiger partial charge in [0.15, 0.2) is 0 Å². The third-order valence-electron chi connectivity index (χ3n) is 4.10. The number of methoxy groups -OCH3 is 1. The molecule has 3 rings (SSSR count). The number of hydrogen-bond donors (Lipinski definition) is 2. The highest BCUT2D eigenvalue weighted by atomic mass is 16.5. The van der Waals surface area contributed by atoms with Crippen molar-refractivity contribution in [3.05, 3.63) is 30.0 Å². The molecular formula is C16H23N3O. The van der Waals surface area contributed by atoms with E-state index in [1.807, 2.05) is 12.1 Å². The van der Waals surface area contributed by atoms with E-state index in [2.05, 4.69) is 27.5 Å². The fraction of sp³-hybridized carbons (Fsp3) is 0.500. The van der Waals surface area contributed by atoms with Crippen LogP contribution >= 0.6 is 0 Å². The molecule has 0 atom stereocenters. The van der Waals surface area contributed by atoms with Gasteiger partial charge in [0.2, 0.25) is 0 Å². The number of aryl methyl sites for hydroxylation is 1. The van der Waals surface area contributed by atoms with Crippen molar-refractivity contribution in [2.75, 3.05) is 39.8 Å². The Morgan fingerprint density at radius 3 is 2.90 bits per heavy atom. The Bertz CT molecular complexity index is 558. The van der Waals surface area contributed by atoms with E-state index in [-0.39, 0.29) is 0 Å². The lowest BCUT2D eigenvalue weighted by atomic mass is 10.1. The molecule has 0 saturated carbocycles. The van der Waals surface area contributed by atoms with Gasteiger partial charge >= 0.3 is 0 Å². The van der Waals surface area contributed by atoms with Crippen LogP contribution < -0.4 is 10.1 Å². The van der Waals surface area contributed by atoms with Crippen molar-refractivity contribution in [2.45, 2.75) is 12.8 Å². The molecule has 4 heteroatoms. The molecule has 4 nitrogen and oxygen atoms in total. The summed E-state index contributed by atoms with van der Waals surface area (Å²) in [4.78, 5) is 5.89. The minimum atomic E-state index is 0.973. The zero-order valence-electron chi connectivity index (χ0n) is 12.1. The lowest BCUT2D eigenvalue weighted by molar-refractivity contribution is 0.238. The average molecular weight is 273 g/mol. The van der Waals surface area contributed by atoms with Gasteiger partial charge in [-0.3, -0.25) is 0 Å². The first-order valence-electron chi connectivity index (χ1n) is 7.44. The van der Waals surface area contributed by atoms with Crippen LogP contribution in [0, 0.1) is 0 Å². The molecule has 0 radical (unpaired) electrons. The maximum atomic E-state index is 5.48. The third kappa shape index (κ3) is 2.81. The van der Waals surface area contributed by atoms with E-state index in [9.17, 15) is 0 Å². The van der Waals surface area contributed by atoms with Crippen molar-refractivity contribution in [1.29, 1.82) is 0 Å². The largest absolute Gasteiger partial charge is 0.496 e. The molecule has 2 aromatic rings. The molecule has 20 heavy (non-hydrogen) atoms. The van der Waals surface area contributed by atoms with Gasteiger partial charge in [0.1, 0.15) is 5.75 Å². The highest BCUT2D eigenvalue weighted by Crippen LogP contribution is 2.29. The van der Waals surface area contributed by atoms with Crippen molar-refractivity contribution in [3.63, 3.8) is 0 Å². The van der Waals surface area contributed by atoms with Crippen molar-refractivity contribution in [3.8, 4) is 5.75 Å². The normalized spacial score (nSPS) is 16.6. The van der Waals surface area contributed by atoms with Gasteiger partial charge in [-0.2, -0.15) is 0 Å². The lowest BCUT2D eigenvalue weighted by Gasteiger charge is -2.27. The molecule has 0 bridgehead atoms. The summed E-state index contributed by atoms with van der Waals surface area (Å²) in [5.74, 6) is 0.973. The maximum absolute atomic E-state index is 5.48. The quantitative estimate of drug-likeness (QED) is 0.875. The summed E-state index contributed by atoms with van der Waals surface area (Å²) in [7, 11) is 1.74. The number of nitrogens with zero attached hydrogens (tertiary/aromatic N) is 1. The fourth-order valence-corrected chi connectivity index (χ4v) is 3.01. The van der Waals surface area contributed by atoms with E-state index in [1.165, 1.54) is 42.5 Å². The second-order valence-corrected chi connectivity index (χ2v) is 5.39. The zero-order chi connectivity index (χ0) is 13.8. The van der Waals surface area contributed by atoms with E-state index < -0.39 is 0 Å². The van der Waals surface area contributed by atoms with E-state index in [4.69, 9.17) is 4.74 Å². The van der Waals surface area contributed by atoms with Crippen LogP contribution in [0.1, 0.15) is 12.0 Å². The molecule has 1 aliphatic heterocycles. The molecule has 1 aromatic carbocycles. The molecule has 1 aliphatic rings. The van der Waals surface area contributed by atoms with Crippen molar-refractivity contribution < 1.29 is 4.74 Å². The summed E-state index contributed by atoms with van der Waals surface area (Å²) in [5, 5.41) is 4.64. The Labute approximate surface area is 120 Å². The third-order valence-corrected chi connectivity index (χ3v) is 4.10. The van der Waals surface area contributed by atoms with Gasteiger partial charge in [-0.1, -0.05) is 6.07 Å². The number of aromatic nitrogens is 1. The summed E-state index contributed by atoms with van der Waals surface area (Å²) in [6.07, 6.45) is 4.43. The molecule has 2 heterocycles. The molecule has 1 fully saturated rings. The smallest absolute Gasteiger partial charge is 0.128 e. The van der Waals surface area contributed by atoms with Crippen molar-refractivity contribution in [1.82, 2.24) is 15.2 Å². The standard InChI is InChI=1S/C16H23N3O/c1-20-15-6-2-5-14-16(15)13(12-18-14)4-3-9-19-10-7-17-8-11-19/h2,5-6,12,17-18H,3-4,7-11H2,1H3. The number of piperazine rings is 1. The molecule has 0 unspecified atom stereocenters. The van der Waals surface area contributed by atoms with Gasteiger partial charge in [-0.05, 0) is 37.1 Å². The molecule has 1 saturated heterocycles. The summed E-state index contributed by atoms with van der Waals surface area (Å²) < 4.78 is 5.48. The molecular weight excluding hydrogens is 250 g/mol. The Morgan fingerprint density at radius 1 is 1.25 bits per heavy atom. The van der Waals surface area contributed by atoms with Crippen LogP contribution in [-0.2, 0) is 6.42 Å². The van der Waals surface area contributed by atoms with Gasteiger partial charge in [0.25, 0.3) is 0 Å². The second kappa shape index (κ2) is 6.29. The van der Waals surface area contributed by atoms with Crippen LogP contribution in [0.2, 0.25) is 0 Å². The summed E-state index contributed by atoms with van der Waals surface area (Å²) in [5.41, 5.74) is 2.54. The van der Waals surface area contributed by atoms with Crippen LogP contribution in [0.15, 0.2) is 24.4 Å². The van der Waals surface area contributed by atoms with Crippen LogP contribution in [0.3, 0.4) is 0 Å². The second-order valence-electron chi connectivity index (χ2n) is 5.39. The number of nitrogens with one attached hydrogen (secondary N) is 2. The van der Waals surface area contributed by atoms with Crippen LogP contribution in [0.4, 0.5) is 0 Å². The van der Waals surface area contributed by atoms with Crippen LogP contribution in [0.25, 0.3) is 10.9 Å². The molecule has 1 aromatic heterocycles. The van der Waals surface area contributed by atoms with Crippen LogP contribution in [0.5, 0.6) is 5.75 Å². The highest BCUT2D eigenvalue weighted by Gasteiger charge is 2.11. The number of benzene rings is 1. The number of aromatic amines is 1. The topological polar surface area (TPSA) is 40.3 Å². The molecule has 108 valence electrons. The maximum Gasteiger partial charge on any atom is 0.128 e. The Hall–Kier alpha value is -1.52.